The molecule has 0 saturated carbocycles. The van der Waals surface area contributed by atoms with Gasteiger partial charge < -0.3 is 14.5 Å². The topological polar surface area (TPSA) is 128 Å². The van der Waals surface area contributed by atoms with Crippen molar-refractivity contribution in [2.45, 2.75) is 89.8 Å². The lowest BCUT2D eigenvalue weighted by molar-refractivity contribution is -0.114. The average Bonchev–Trinajstić information content (AvgIpc) is 3.69. The van der Waals surface area contributed by atoms with Crippen LogP contribution in [0.2, 0.25) is 0 Å². The minimum absolute atomic E-state index is 0.0695. The van der Waals surface area contributed by atoms with Crippen LogP contribution in [0.3, 0.4) is 0 Å². The van der Waals surface area contributed by atoms with Crippen molar-refractivity contribution in [1.29, 1.82) is 0 Å². The molecule has 2 aliphatic heterocycles. The first-order valence-corrected chi connectivity index (χ1v) is 16.3. The summed E-state index contributed by atoms with van der Waals surface area (Å²) in [4.78, 5) is 29.3. The van der Waals surface area contributed by atoms with Crippen LogP contribution in [0.25, 0.3) is 6.08 Å². The molecule has 9 nitrogen and oxygen atoms in total. The predicted molar refractivity (Wildman–Crippen MR) is 153 cm³/mol. The maximum atomic E-state index is 14.3. The molecule has 2 N–H and O–H groups in total. The Morgan fingerprint density at radius 2 is 1.85 bits per heavy atom. The van der Waals surface area contributed by atoms with Gasteiger partial charge in [0.15, 0.2) is 5.69 Å². The van der Waals surface area contributed by atoms with Gasteiger partial charge in [-0.25, -0.2) is 22.5 Å². The third-order valence-electron chi connectivity index (χ3n) is 7.89. The first-order valence-electron chi connectivity index (χ1n) is 14.6. The maximum Gasteiger partial charge on any atom is 0.273 e. The van der Waals surface area contributed by atoms with E-state index in [1.165, 1.54) is 57.1 Å². The summed E-state index contributed by atoms with van der Waals surface area (Å²) in [6.07, 6.45) is 12.8. The summed E-state index contributed by atoms with van der Waals surface area (Å²) in [6, 6.07) is 4.27. The molecule has 2 amide bonds. The zero-order valence-electron chi connectivity index (χ0n) is 23.7. The molecule has 0 spiro atoms. The zero-order valence-corrected chi connectivity index (χ0v) is 24.6. The molecular weight excluding hydrogens is 549 g/mol. The SMILES string of the molecule is CCCCCCCCNC(=O)c1coc(C2C3CCC(O3)C2Cc2cc(F)ccc2C=CC(=O)NS(=O)(=O)CC)n1. The summed E-state index contributed by atoms with van der Waals surface area (Å²) in [6.45, 7) is 4.21. The second-order valence-electron chi connectivity index (χ2n) is 10.8. The molecule has 2 aromatic rings. The van der Waals surface area contributed by atoms with Gasteiger partial charge in [-0.3, -0.25) is 9.59 Å². The number of fused-ring (bicyclic) bond motifs is 2. The van der Waals surface area contributed by atoms with Crippen molar-refractivity contribution in [3.63, 3.8) is 0 Å². The average molecular weight is 590 g/mol. The molecule has 0 aliphatic carbocycles. The molecule has 11 heteroatoms. The molecule has 2 saturated heterocycles. The van der Waals surface area contributed by atoms with Crippen LogP contribution in [0.1, 0.15) is 98.6 Å². The van der Waals surface area contributed by atoms with E-state index in [1.807, 2.05) is 4.72 Å². The van der Waals surface area contributed by atoms with E-state index >= 15 is 0 Å². The molecule has 0 radical (unpaired) electrons. The zero-order chi connectivity index (χ0) is 29.4. The number of halogens is 1. The number of rotatable bonds is 15. The lowest BCUT2D eigenvalue weighted by atomic mass is 9.75. The van der Waals surface area contributed by atoms with Crippen molar-refractivity contribution in [3.05, 3.63) is 59.1 Å². The maximum absolute atomic E-state index is 14.3. The molecule has 1 aromatic carbocycles. The highest BCUT2D eigenvalue weighted by molar-refractivity contribution is 7.90. The van der Waals surface area contributed by atoms with E-state index in [1.54, 1.807) is 6.07 Å². The molecule has 1 aromatic heterocycles. The first kappa shape index (κ1) is 30.9. The summed E-state index contributed by atoms with van der Waals surface area (Å²) in [5.74, 6) is -1.52. The summed E-state index contributed by atoms with van der Waals surface area (Å²) in [5.41, 5.74) is 1.48. The molecule has 2 bridgehead atoms. The largest absolute Gasteiger partial charge is 0.448 e. The Hall–Kier alpha value is -3.05. The Balaban J connectivity index is 1.43. The molecule has 2 aliphatic rings. The van der Waals surface area contributed by atoms with E-state index in [9.17, 15) is 22.4 Å². The number of carbonyl (C=O) groups excluding carboxylic acids is 2. The predicted octanol–water partition coefficient (Wildman–Crippen LogP) is 4.89. The second kappa shape index (κ2) is 14.2. The van der Waals surface area contributed by atoms with Crippen LogP contribution in [0.5, 0.6) is 0 Å². The van der Waals surface area contributed by atoms with Gasteiger partial charge in [0.2, 0.25) is 15.9 Å². The highest BCUT2D eigenvalue weighted by Gasteiger charge is 2.51. The third kappa shape index (κ3) is 8.25. The number of benzene rings is 1. The van der Waals surface area contributed by atoms with Gasteiger partial charge >= 0.3 is 0 Å². The van der Waals surface area contributed by atoms with Gasteiger partial charge in [0.25, 0.3) is 11.8 Å². The Bertz CT molecular complexity index is 1340. The Kier molecular flexibility index (Phi) is 10.7. The Labute approximate surface area is 241 Å². The Morgan fingerprint density at radius 3 is 2.63 bits per heavy atom. The Morgan fingerprint density at radius 1 is 1.10 bits per heavy atom. The highest BCUT2D eigenvalue weighted by Crippen LogP contribution is 2.50. The molecule has 4 atom stereocenters. The van der Waals surface area contributed by atoms with Crippen molar-refractivity contribution >= 4 is 27.9 Å². The first-order chi connectivity index (χ1) is 19.7. The van der Waals surface area contributed by atoms with Crippen LogP contribution in [0.4, 0.5) is 4.39 Å². The van der Waals surface area contributed by atoms with Gasteiger partial charge in [-0.05, 0) is 61.9 Å². The van der Waals surface area contributed by atoms with Crippen molar-refractivity contribution in [1.82, 2.24) is 15.0 Å². The van der Waals surface area contributed by atoms with Gasteiger partial charge in [0.1, 0.15) is 12.1 Å². The number of oxazole rings is 1. The van der Waals surface area contributed by atoms with E-state index in [0.717, 1.165) is 31.8 Å². The normalized spacial score (nSPS) is 21.9. The van der Waals surface area contributed by atoms with Gasteiger partial charge in [0.05, 0.1) is 23.9 Å². The van der Waals surface area contributed by atoms with Crippen molar-refractivity contribution in [2.24, 2.45) is 5.92 Å². The molecule has 41 heavy (non-hydrogen) atoms. The lowest BCUT2D eigenvalue weighted by Gasteiger charge is -2.26. The number of hydrogen-bond donors (Lipinski definition) is 2. The van der Waals surface area contributed by atoms with Crippen LogP contribution in [0.15, 0.2) is 35.0 Å². The number of sulfonamides is 1. The van der Waals surface area contributed by atoms with Crippen molar-refractivity contribution < 1.29 is 31.6 Å². The number of unbranched alkanes of at least 4 members (excludes halogenated alkanes) is 5. The van der Waals surface area contributed by atoms with E-state index in [0.29, 0.717) is 30.0 Å². The molecule has 4 rings (SSSR count). The number of ether oxygens (including phenoxy) is 1. The number of nitrogens with zero attached hydrogens (tertiary/aromatic N) is 1. The lowest BCUT2D eigenvalue weighted by Crippen LogP contribution is -2.30. The minimum atomic E-state index is -3.69. The molecule has 2 fully saturated rings. The van der Waals surface area contributed by atoms with Gasteiger partial charge in [0, 0.05) is 18.5 Å². The summed E-state index contributed by atoms with van der Waals surface area (Å²) in [5, 5.41) is 2.92. The number of hydrogen-bond acceptors (Lipinski definition) is 7. The smallest absolute Gasteiger partial charge is 0.273 e. The highest BCUT2D eigenvalue weighted by atomic mass is 32.2. The quantitative estimate of drug-likeness (QED) is 0.224. The molecule has 3 heterocycles. The summed E-state index contributed by atoms with van der Waals surface area (Å²) in [7, 11) is -3.69. The van der Waals surface area contributed by atoms with Crippen molar-refractivity contribution in [2.75, 3.05) is 12.3 Å². The summed E-state index contributed by atoms with van der Waals surface area (Å²) >= 11 is 0. The summed E-state index contributed by atoms with van der Waals surface area (Å²) < 4.78 is 51.7. The van der Waals surface area contributed by atoms with Crippen LogP contribution in [-0.4, -0.2) is 49.7 Å². The van der Waals surface area contributed by atoms with Crippen molar-refractivity contribution in [3.8, 4) is 0 Å². The van der Waals surface area contributed by atoms with Gasteiger partial charge in [-0.1, -0.05) is 45.1 Å². The van der Waals surface area contributed by atoms with Gasteiger partial charge in [-0.15, -0.1) is 0 Å². The molecular formula is C30H40FN3O6S. The third-order valence-corrected chi connectivity index (χ3v) is 9.16. The number of amides is 2. The van der Waals surface area contributed by atoms with E-state index in [2.05, 4.69) is 17.2 Å². The van der Waals surface area contributed by atoms with Crippen LogP contribution in [-0.2, 0) is 26.0 Å². The van der Waals surface area contributed by atoms with Crippen LogP contribution < -0.4 is 10.0 Å². The monoisotopic (exact) mass is 589 g/mol. The van der Waals surface area contributed by atoms with E-state index < -0.39 is 21.7 Å². The van der Waals surface area contributed by atoms with E-state index in [4.69, 9.17) is 9.15 Å². The minimum Gasteiger partial charge on any atom is -0.448 e. The standard InChI is InChI=1S/C30H40FN3O6S/c1-3-5-6-7-8-9-16-32-29(36)24-19-39-30(33-24)28-23(25-13-14-26(28)40-25)18-21-17-22(31)12-10-20(21)11-15-27(35)34-41(37,38)4-2/h10-12,15,17,19,23,25-26,28H,3-9,13-14,16,18H2,1-2H3,(H,32,36)(H,34,35). The number of aromatic nitrogens is 1. The van der Waals surface area contributed by atoms with Gasteiger partial charge in [-0.2, -0.15) is 0 Å². The van der Waals surface area contributed by atoms with E-state index in [-0.39, 0.29) is 41.4 Å². The fraction of sp³-hybridized carbons (Fsp3) is 0.567. The van der Waals surface area contributed by atoms with Crippen LogP contribution in [0, 0.1) is 11.7 Å². The number of nitrogens with one attached hydrogen (secondary N) is 2. The fourth-order valence-electron chi connectivity index (χ4n) is 5.71. The number of carbonyl (C=O) groups is 2. The molecule has 224 valence electrons. The molecule has 4 unspecified atom stereocenters. The second-order valence-corrected chi connectivity index (χ2v) is 12.8. The van der Waals surface area contributed by atoms with Crippen LogP contribution >= 0.6 is 0 Å². The fourth-order valence-corrected chi connectivity index (χ4v) is 6.23.